The van der Waals surface area contributed by atoms with E-state index in [2.05, 4.69) is 194 Å². The van der Waals surface area contributed by atoms with Crippen LogP contribution in [0.1, 0.15) is 25.0 Å². The molecule has 0 saturated heterocycles. The van der Waals surface area contributed by atoms with Crippen molar-refractivity contribution >= 4 is 64.2 Å². The summed E-state index contributed by atoms with van der Waals surface area (Å²) in [6, 6.07) is 64.0. The zero-order valence-corrected chi connectivity index (χ0v) is 32.3. The smallest absolute Gasteiger partial charge is 0.160 e. The predicted molar refractivity (Wildman–Crippen MR) is 241 cm³/mol. The molecule has 3 aromatic heterocycles. The molecule has 3 heterocycles. The fourth-order valence-electron chi connectivity index (χ4n) is 9.37. The molecule has 3 nitrogen and oxygen atoms in total. The standard InChI is InChI=1S/C53H35N3S/c1-53(2)44-15-7-3-11-37(44)38-26-21-35(31-45(38)53)51-41-14-4-8-16-46(41)54-52(55-51)32-19-24-36(25-20-32)56-47-17-9-5-12-39(47)42-29-33(22-27-48(42)56)34-23-28-50-43(30-34)40-13-6-10-18-49(40)57-50/h3-31H,1-2H3. The highest BCUT2D eigenvalue weighted by Gasteiger charge is 2.35. The Morgan fingerprint density at radius 3 is 1.95 bits per heavy atom. The summed E-state index contributed by atoms with van der Waals surface area (Å²) in [7, 11) is 0. The SMILES string of the molecule is CC1(C)c2ccccc2-c2ccc(-c3nc(-c4ccc(-n5c6ccccc6c6cc(-c7ccc8sc9ccccc9c8c7)ccc65)cc4)nc4ccccc34)cc21. The van der Waals surface area contributed by atoms with Crippen molar-refractivity contribution in [3.8, 4) is 50.6 Å². The van der Waals surface area contributed by atoms with Gasteiger partial charge in [0.2, 0.25) is 0 Å². The molecular formula is C53H35N3S. The Morgan fingerprint density at radius 2 is 1.07 bits per heavy atom. The van der Waals surface area contributed by atoms with Crippen LogP contribution in [0.5, 0.6) is 0 Å². The average molecular weight is 746 g/mol. The predicted octanol–water partition coefficient (Wildman–Crippen LogP) is 14.4. The van der Waals surface area contributed by atoms with Gasteiger partial charge >= 0.3 is 0 Å². The Balaban J connectivity index is 0.948. The van der Waals surface area contributed by atoms with Crippen LogP contribution in [0.15, 0.2) is 176 Å². The molecule has 268 valence electrons. The maximum atomic E-state index is 5.31. The maximum absolute atomic E-state index is 5.31. The van der Waals surface area contributed by atoms with E-state index in [4.69, 9.17) is 9.97 Å². The van der Waals surface area contributed by atoms with Crippen molar-refractivity contribution in [2.75, 3.05) is 0 Å². The van der Waals surface area contributed by atoms with E-state index >= 15 is 0 Å². The second kappa shape index (κ2) is 12.1. The van der Waals surface area contributed by atoms with Gasteiger partial charge < -0.3 is 4.57 Å². The molecule has 4 heteroatoms. The molecule has 0 fully saturated rings. The molecule has 57 heavy (non-hydrogen) atoms. The summed E-state index contributed by atoms with van der Waals surface area (Å²) >= 11 is 1.86. The van der Waals surface area contributed by atoms with Crippen molar-refractivity contribution in [3.63, 3.8) is 0 Å². The molecule has 0 unspecified atom stereocenters. The van der Waals surface area contributed by atoms with Crippen LogP contribution in [0.4, 0.5) is 0 Å². The molecule has 0 N–H and O–H groups in total. The van der Waals surface area contributed by atoms with Gasteiger partial charge in [0, 0.05) is 58.6 Å². The van der Waals surface area contributed by atoms with Crippen molar-refractivity contribution in [1.82, 2.24) is 14.5 Å². The first-order chi connectivity index (χ1) is 28.0. The lowest BCUT2D eigenvalue weighted by Gasteiger charge is -2.22. The summed E-state index contributed by atoms with van der Waals surface area (Å²) in [6.45, 7) is 4.66. The second-order valence-electron chi connectivity index (χ2n) is 15.8. The van der Waals surface area contributed by atoms with Gasteiger partial charge in [-0.1, -0.05) is 117 Å². The summed E-state index contributed by atoms with van der Waals surface area (Å²) < 4.78 is 5.03. The molecule has 0 saturated carbocycles. The molecule has 0 bridgehead atoms. The van der Waals surface area contributed by atoms with E-state index in [1.165, 1.54) is 75.4 Å². The molecule has 12 rings (SSSR count). The van der Waals surface area contributed by atoms with Gasteiger partial charge in [-0.05, 0) is 106 Å². The number of nitrogens with zero attached hydrogens (tertiary/aromatic N) is 3. The van der Waals surface area contributed by atoms with E-state index in [-0.39, 0.29) is 5.41 Å². The summed E-state index contributed by atoms with van der Waals surface area (Å²) in [4.78, 5) is 10.4. The van der Waals surface area contributed by atoms with Crippen LogP contribution < -0.4 is 0 Å². The molecule has 0 aliphatic heterocycles. The highest BCUT2D eigenvalue weighted by atomic mass is 32.1. The Hall–Kier alpha value is -6.88. The fourth-order valence-corrected chi connectivity index (χ4v) is 10.5. The zero-order chi connectivity index (χ0) is 37.8. The van der Waals surface area contributed by atoms with Gasteiger partial charge in [-0.2, -0.15) is 0 Å². The maximum Gasteiger partial charge on any atom is 0.160 e. The molecule has 0 atom stereocenters. The molecule has 11 aromatic rings. The molecule has 0 amide bonds. The lowest BCUT2D eigenvalue weighted by atomic mass is 9.82. The zero-order valence-electron chi connectivity index (χ0n) is 31.5. The van der Waals surface area contributed by atoms with E-state index in [1.807, 2.05) is 11.3 Å². The summed E-state index contributed by atoms with van der Waals surface area (Å²) in [5.41, 5.74) is 15.2. The number of thiophene rings is 1. The number of aromatic nitrogens is 3. The number of hydrogen-bond acceptors (Lipinski definition) is 3. The van der Waals surface area contributed by atoms with Crippen molar-refractivity contribution in [1.29, 1.82) is 0 Å². The number of benzene rings is 8. The monoisotopic (exact) mass is 745 g/mol. The van der Waals surface area contributed by atoms with Crippen molar-refractivity contribution in [2.24, 2.45) is 0 Å². The van der Waals surface area contributed by atoms with Gasteiger partial charge in [0.15, 0.2) is 5.82 Å². The first kappa shape index (κ1) is 32.4. The molecule has 1 aliphatic carbocycles. The van der Waals surface area contributed by atoms with Gasteiger partial charge in [0.1, 0.15) is 0 Å². The number of para-hydroxylation sites is 2. The Labute approximate surface area is 334 Å². The highest BCUT2D eigenvalue weighted by Crippen LogP contribution is 2.50. The quantitative estimate of drug-likeness (QED) is 0.180. The van der Waals surface area contributed by atoms with Crippen LogP contribution in [0.25, 0.3) is 103 Å². The topological polar surface area (TPSA) is 30.7 Å². The second-order valence-corrected chi connectivity index (χ2v) is 16.9. The molecule has 8 aromatic carbocycles. The van der Waals surface area contributed by atoms with Crippen LogP contribution >= 0.6 is 11.3 Å². The summed E-state index contributed by atoms with van der Waals surface area (Å²) in [6.07, 6.45) is 0. The number of hydrogen-bond donors (Lipinski definition) is 0. The summed E-state index contributed by atoms with van der Waals surface area (Å²) in [5.74, 6) is 0.723. The molecule has 0 radical (unpaired) electrons. The van der Waals surface area contributed by atoms with Gasteiger partial charge in [0.05, 0.1) is 22.2 Å². The minimum atomic E-state index is -0.0917. The number of fused-ring (bicyclic) bond motifs is 10. The Kier molecular flexibility index (Phi) is 6.85. The molecule has 0 spiro atoms. The van der Waals surface area contributed by atoms with Crippen LogP contribution in [-0.2, 0) is 5.41 Å². The van der Waals surface area contributed by atoms with E-state index in [0.29, 0.717) is 0 Å². The van der Waals surface area contributed by atoms with Gasteiger partial charge in [-0.3, -0.25) is 0 Å². The van der Waals surface area contributed by atoms with Crippen molar-refractivity contribution < 1.29 is 0 Å². The fraction of sp³-hybridized carbons (Fsp3) is 0.0566. The van der Waals surface area contributed by atoms with Crippen LogP contribution in [0, 0.1) is 0 Å². The largest absolute Gasteiger partial charge is 0.309 e. The Morgan fingerprint density at radius 1 is 0.439 bits per heavy atom. The first-order valence-corrected chi connectivity index (χ1v) is 20.4. The van der Waals surface area contributed by atoms with E-state index in [9.17, 15) is 0 Å². The highest BCUT2D eigenvalue weighted by molar-refractivity contribution is 7.25. The van der Waals surface area contributed by atoms with Crippen molar-refractivity contribution in [3.05, 3.63) is 187 Å². The third-order valence-electron chi connectivity index (χ3n) is 12.2. The van der Waals surface area contributed by atoms with Crippen LogP contribution in [-0.4, -0.2) is 14.5 Å². The lowest BCUT2D eigenvalue weighted by Crippen LogP contribution is -2.14. The Bertz CT molecular complexity index is 3440. The van der Waals surface area contributed by atoms with Crippen LogP contribution in [0.3, 0.4) is 0 Å². The third kappa shape index (κ3) is 4.84. The van der Waals surface area contributed by atoms with Gasteiger partial charge in [-0.15, -0.1) is 11.3 Å². The van der Waals surface area contributed by atoms with E-state index < -0.39 is 0 Å². The molecule has 1 aliphatic rings. The van der Waals surface area contributed by atoms with Crippen LogP contribution in [0.2, 0.25) is 0 Å². The summed E-state index contributed by atoms with van der Waals surface area (Å²) in [5, 5.41) is 6.18. The van der Waals surface area contributed by atoms with E-state index in [1.54, 1.807) is 0 Å². The normalized spacial score (nSPS) is 13.2. The van der Waals surface area contributed by atoms with Gasteiger partial charge in [-0.25, -0.2) is 9.97 Å². The minimum Gasteiger partial charge on any atom is -0.309 e. The lowest BCUT2D eigenvalue weighted by molar-refractivity contribution is 0.660. The molecular weight excluding hydrogens is 711 g/mol. The first-order valence-electron chi connectivity index (χ1n) is 19.6. The third-order valence-corrected chi connectivity index (χ3v) is 13.4. The average Bonchev–Trinajstić information content (AvgIpc) is 3.88. The van der Waals surface area contributed by atoms with Gasteiger partial charge in [0.25, 0.3) is 0 Å². The minimum absolute atomic E-state index is 0.0917. The number of rotatable bonds is 4. The van der Waals surface area contributed by atoms with Crippen molar-refractivity contribution in [2.45, 2.75) is 19.3 Å². The van der Waals surface area contributed by atoms with E-state index in [0.717, 1.165) is 39.2 Å².